The Morgan fingerprint density at radius 1 is 1.44 bits per heavy atom. The molecule has 0 N–H and O–H groups in total. The molecule has 92 valence electrons. The highest BCUT2D eigenvalue weighted by atomic mass is 35.5. The van der Waals surface area contributed by atoms with Crippen LogP contribution in [-0.2, 0) is 12.8 Å². The summed E-state index contributed by atoms with van der Waals surface area (Å²) >= 11 is 5.90. The van der Waals surface area contributed by atoms with Gasteiger partial charge < -0.3 is 4.52 Å². The van der Waals surface area contributed by atoms with Crippen molar-refractivity contribution in [2.24, 2.45) is 0 Å². The van der Waals surface area contributed by atoms with Gasteiger partial charge in [-0.1, -0.05) is 22.8 Å². The molecule has 0 unspecified atom stereocenters. The van der Waals surface area contributed by atoms with E-state index < -0.39 is 5.82 Å². The van der Waals surface area contributed by atoms with E-state index in [0.717, 1.165) is 0 Å². The standard InChI is InChI=1S/C12H9ClFN3O/c13-9-3-1-4-10(14)8(9)7-11-16-12(18-17-11)5-2-6-15/h1,3-4H,2,5,7H2. The number of benzene rings is 1. The van der Waals surface area contributed by atoms with E-state index >= 15 is 0 Å². The van der Waals surface area contributed by atoms with Crippen LogP contribution in [0.2, 0.25) is 5.02 Å². The van der Waals surface area contributed by atoms with Crippen LogP contribution in [0, 0.1) is 17.1 Å². The van der Waals surface area contributed by atoms with E-state index in [1.165, 1.54) is 12.1 Å². The maximum Gasteiger partial charge on any atom is 0.227 e. The smallest absolute Gasteiger partial charge is 0.227 e. The monoisotopic (exact) mass is 265 g/mol. The summed E-state index contributed by atoms with van der Waals surface area (Å²) in [5.41, 5.74) is 0.340. The lowest BCUT2D eigenvalue weighted by atomic mass is 10.1. The molecule has 0 atom stereocenters. The van der Waals surface area contributed by atoms with Crippen molar-refractivity contribution >= 4 is 11.6 Å². The Morgan fingerprint density at radius 3 is 3.00 bits per heavy atom. The highest BCUT2D eigenvalue weighted by Crippen LogP contribution is 2.21. The summed E-state index contributed by atoms with van der Waals surface area (Å²) in [4.78, 5) is 4.07. The van der Waals surface area contributed by atoms with E-state index in [1.807, 2.05) is 6.07 Å². The molecular formula is C12H9ClFN3O. The van der Waals surface area contributed by atoms with Gasteiger partial charge in [0.05, 0.1) is 6.07 Å². The maximum absolute atomic E-state index is 13.5. The van der Waals surface area contributed by atoms with E-state index in [0.29, 0.717) is 35.1 Å². The van der Waals surface area contributed by atoms with Gasteiger partial charge in [0.25, 0.3) is 0 Å². The fraction of sp³-hybridized carbons (Fsp3) is 0.250. The first-order valence-corrected chi connectivity index (χ1v) is 5.70. The number of hydrogen-bond donors (Lipinski definition) is 0. The van der Waals surface area contributed by atoms with Gasteiger partial charge in [-0.3, -0.25) is 0 Å². The second-order valence-corrected chi connectivity index (χ2v) is 4.05. The summed E-state index contributed by atoms with van der Waals surface area (Å²) in [5, 5.41) is 12.5. The fourth-order valence-corrected chi connectivity index (χ4v) is 1.72. The van der Waals surface area contributed by atoms with Gasteiger partial charge in [0.15, 0.2) is 5.82 Å². The number of nitrogens with zero attached hydrogens (tertiary/aromatic N) is 3. The maximum atomic E-state index is 13.5. The lowest BCUT2D eigenvalue weighted by Crippen LogP contribution is -1.96. The summed E-state index contributed by atoms with van der Waals surface area (Å²) in [6.07, 6.45) is 0.873. The third-order valence-electron chi connectivity index (χ3n) is 2.36. The molecule has 18 heavy (non-hydrogen) atoms. The normalized spacial score (nSPS) is 10.3. The minimum absolute atomic E-state index is 0.168. The number of aryl methyl sites for hydroxylation is 1. The quantitative estimate of drug-likeness (QED) is 0.853. The number of hydrogen-bond acceptors (Lipinski definition) is 4. The van der Waals surface area contributed by atoms with Crippen LogP contribution < -0.4 is 0 Å². The summed E-state index contributed by atoms with van der Waals surface area (Å²) in [5.74, 6) is 0.333. The molecule has 1 aromatic carbocycles. The van der Waals surface area contributed by atoms with E-state index in [-0.39, 0.29) is 6.42 Å². The average molecular weight is 266 g/mol. The van der Waals surface area contributed by atoms with E-state index in [2.05, 4.69) is 10.1 Å². The zero-order valence-electron chi connectivity index (χ0n) is 9.36. The van der Waals surface area contributed by atoms with Gasteiger partial charge in [0, 0.05) is 29.8 Å². The first-order valence-electron chi connectivity index (χ1n) is 5.32. The highest BCUT2D eigenvalue weighted by Gasteiger charge is 2.12. The van der Waals surface area contributed by atoms with Crippen LogP contribution in [0.4, 0.5) is 4.39 Å². The van der Waals surface area contributed by atoms with Crippen molar-refractivity contribution < 1.29 is 8.91 Å². The van der Waals surface area contributed by atoms with E-state index in [9.17, 15) is 4.39 Å². The largest absolute Gasteiger partial charge is 0.339 e. The summed E-state index contributed by atoms with van der Waals surface area (Å²) in [6, 6.07) is 6.46. The van der Waals surface area contributed by atoms with Gasteiger partial charge in [-0.15, -0.1) is 0 Å². The van der Waals surface area contributed by atoms with Crippen LogP contribution in [0.25, 0.3) is 0 Å². The molecule has 0 radical (unpaired) electrons. The zero-order chi connectivity index (χ0) is 13.0. The predicted octanol–water partition coefficient (Wildman–Crippen LogP) is 2.91. The molecule has 1 heterocycles. The third kappa shape index (κ3) is 2.84. The summed E-state index contributed by atoms with van der Waals surface area (Å²) in [7, 11) is 0. The van der Waals surface area contributed by atoms with Crippen molar-refractivity contribution in [3.8, 4) is 6.07 Å². The average Bonchev–Trinajstić information content (AvgIpc) is 2.79. The number of aromatic nitrogens is 2. The van der Waals surface area contributed by atoms with Crippen molar-refractivity contribution in [1.29, 1.82) is 5.26 Å². The molecule has 6 heteroatoms. The lowest BCUT2D eigenvalue weighted by molar-refractivity contribution is 0.374. The van der Waals surface area contributed by atoms with E-state index in [1.54, 1.807) is 6.07 Å². The zero-order valence-corrected chi connectivity index (χ0v) is 10.1. The lowest BCUT2D eigenvalue weighted by Gasteiger charge is -2.01. The Morgan fingerprint density at radius 2 is 2.28 bits per heavy atom. The molecule has 2 aromatic rings. The van der Waals surface area contributed by atoms with Gasteiger partial charge in [-0.2, -0.15) is 10.2 Å². The van der Waals surface area contributed by atoms with Gasteiger partial charge >= 0.3 is 0 Å². The number of halogens is 2. The van der Waals surface area contributed by atoms with Crippen LogP contribution in [0.15, 0.2) is 22.7 Å². The minimum Gasteiger partial charge on any atom is -0.339 e. The second kappa shape index (κ2) is 5.61. The Bertz CT molecular complexity index is 571. The molecule has 1 aromatic heterocycles. The molecule has 0 aliphatic rings. The number of rotatable bonds is 4. The van der Waals surface area contributed by atoms with Crippen molar-refractivity contribution in [2.75, 3.05) is 0 Å². The molecule has 0 aliphatic heterocycles. The SMILES string of the molecule is N#CCCc1nc(Cc2c(F)cccc2Cl)no1. The second-order valence-electron chi connectivity index (χ2n) is 3.64. The van der Waals surface area contributed by atoms with Crippen LogP contribution in [-0.4, -0.2) is 10.1 Å². The van der Waals surface area contributed by atoms with Crippen LogP contribution >= 0.6 is 11.6 Å². The Balaban J connectivity index is 2.14. The van der Waals surface area contributed by atoms with Gasteiger partial charge in [-0.25, -0.2) is 4.39 Å². The molecule has 4 nitrogen and oxygen atoms in total. The molecule has 2 rings (SSSR count). The van der Waals surface area contributed by atoms with E-state index in [4.69, 9.17) is 21.4 Å². The molecule has 0 fully saturated rings. The summed E-state index contributed by atoms with van der Waals surface area (Å²) < 4.78 is 18.5. The van der Waals surface area contributed by atoms with Gasteiger partial charge in [0.2, 0.25) is 5.89 Å². The summed E-state index contributed by atoms with van der Waals surface area (Å²) in [6.45, 7) is 0. The molecule has 0 saturated heterocycles. The third-order valence-corrected chi connectivity index (χ3v) is 2.71. The Hall–Kier alpha value is -1.93. The fourth-order valence-electron chi connectivity index (χ4n) is 1.49. The topological polar surface area (TPSA) is 62.7 Å². The minimum atomic E-state index is -0.397. The van der Waals surface area contributed by atoms with Crippen LogP contribution in [0.3, 0.4) is 0 Å². The Labute approximate surface area is 108 Å². The molecule has 0 amide bonds. The molecule has 0 aliphatic carbocycles. The Kier molecular flexibility index (Phi) is 3.90. The molecule has 0 saturated carbocycles. The van der Waals surface area contributed by atoms with Crippen molar-refractivity contribution in [3.63, 3.8) is 0 Å². The van der Waals surface area contributed by atoms with Crippen molar-refractivity contribution in [1.82, 2.24) is 10.1 Å². The molecule has 0 spiro atoms. The van der Waals surface area contributed by atoms with Crippen LogP contribution in [0.5, 0.6) is 0 Å². The van der Waals surface area contributed by atoms with Crippen molar-refractivity contribution in [2.45, 2.75) is 19.3 Å². The highest BCUT2D eigenvalue weighted by molar-refractivity contribution is 6.31. The first-order chi connectivity index (χ1) is 8.70. The van der Waals surface area contributed by atoms with Gasteiger partial charge in [0.1, 0.15) is 5.82 Å². The molecular weight excluding hydrogens is 257 g/mol. The van der Waals surface area contributed by atoms with Gasteiger partial charge in [-0.05, 0) is 12.1 Å². The first kappa shape index (κ1) is 12.5. The predicted molar refractivity (Wildman–Crippen MR) is 62.4 cm³/mol. The van der Waals surface area contributed by atoms with Crippen molar-refractivity contribution in [3.05, 3.63) is 46.3 Å². The number of nitriles is 1. The van der Waals surface area contributed by atoms with Crippen LogP contribution in [0.1, 0.15) is 23.7 Å². The molecule has 0 bridgehead atoms.